The SMILES string of the molecule is COc1ccc(C(=O)NC(=S)Nc2ccc(N3Cc4ccccc4C3=O)cc2)cc1Cl. The fraction of sp³-hybridized carbons (Fsp3) is 0.0870. The van der Waals surface area contributed by atoms with E-state index in [1.165, 1.54) is 13.2 Å². The van der Waals surface area contributed by atoms with E-state index in [9.17, 15) is 9.59 Å². The van der Waals surface area contributed by atoms with Gasteiger partial charge in [0, 0.05) is 22.5 Å². The number of ether oxygens (including phenoxy) is 1. The minimum atomic E-state index is -0.390. The fourth-order valence-corrected chi connectivity index (χ4v) is 3.80. The number of fused-ring (bicyclic) bond motifs is 1. The molecule has 4 rings (SSSR count). The number of nitrogens with one attached hydrogen (secondary N) is 2. The first-order valence-electron chi connectivity index (χ1n) is 9.42. The summed E-state index contributed by atoms with van der Waals surface area (Å²) >= 11 is 11.3. The Balaban J connectivity index is 1.38. The molecule has 0 unspecified atom stereocenters. The number of carbonyl (C=O) groups is 2. The normalized spacial score (nSPS) is 12.3. The van der Waals surface area contributed by atoms with Crippen LogP contribution in [0.1, 0.15) is 26.3 Å². The minimum absolute atomic E-state index is 0.0164. The smallest absolute Gasteiger partial charge is 0.258 e. The lowest BCUT2D eigenvalue weighted by Gasteiger charge is -2.17. The van der Waals surface area contributed by atoms with Crippen LogP contribution < -0.4 is 20.3 Å². The van der Waals surface area contributed by atoms with Crippen LogP contribution in [0.25, 0.3) is 0 Å². The van der Waals surface area contributed by atoms with Gasteiger partial charge >= 0.3 is 0 Å². The van der Waals surface area contributed by atoms with Crippen molar-refractivity contribution in [2.45, 2.75) is 6.54 Å². The van der Waals surface area contributed by atoms with Crippen LogP contribution in [-0.4, -0.2) is 24.0 Å². The van der Waals surface area contributed by atoms with E-state index in [2.05, 4.69) is 10.6 Å². The predicted octanol–water partition coefficient (Wildman–Crippen LogP) is 4.64. The topological polar surface area (TPSA) is 70.7 Å². The molecular formula is C23H18ClN3O3S. The molecule has 3 aromatic rings. The van der Waals surface area contributed by atoms with Gasteiger partial charge in [0.1, 0.15) is 5.75 Å². The third-order valence-corrected chi connectivity index (χ3v) is 5.40. The molecule has 0 aromatic heterocycles. The number of hydrogen-bond acceptors (Lipinski definition) is 4. The summed E-state index contributed by atoms with van der Waals surface area (Å²) in [5.74, 6) is 0.0786. The molecule has 0 fully saturated rings. The highest BCUT2D eigenvalue weighted by molar-refractivity contribution is 7.80. The highest BCUT2D eigenvalue weighted by Crippen LogP contribution is 2.29. The van der Waals surface area contributed by atoms with Gasteiger partial charge in [0.15, 0.2) is 5.11 Å². The van der Waals surface area contributed by atoms with Crippen LogP contribution in [0.5, 0.6) is 5.75 Å². The van der Waals surface area contributed by atoms with E-state index in [1.54, 1.807) is 29.2 Å². The van der Waals surface area contributed by atoms with Crippen molar-refractivity contribution in [3.8, 4) is 5.75 Å². The lowest BCUT2D eigenvalue weighted by molar-refractivity contribution is 0.0974. The summed E-state index contributed by atoms with van der Waals surface area (Å²) in [6, 6.07) is 19.6. The molecule has 6 nitrogen and oxygen atoms in total. The first kappa shape index (κ1) is 20.8. The zero-order valence-corrected chi connectivity index (χ0v) is 18.1. The number of anilines is 2. The average Bonchev–Trinajstić information content (AvgIpc) is 3.11. The summed E-state index contributed by atoms with van der Waals surface area (Å²) < 4.78 is 5.08. The number of rotatable bonds is 4. The van der Waals surface area contributed by atoms with Gasteiger partial charge in [-0.2, -0.15) is 0 Å². The molecule has 31 heavy (non-hydrogen) atoms. The van der Waals surface area contributed by atoms with Crippen LogP contribution >= 0.6 is 23.8 Å². The lowest BCUT2D eigenvalue weighted by Crippen LogP contribution is -2.34. The van der Waals surface area contributed by atoms with Crippen molar-refractivity contribution < 1.29 is 14.3 Å². The summed E-state index contributed by atoms with van der Waals surface area (Å²) in [5, 5.41) is 6.06. The molecule has 1 heterocycles. The Hall–Kier alpha value is -3.42. The van der Waals surface area contributed by atoms with Crippen molar-refractivity contribution in [1.82, 2.24) is 5.32 Å². The number of thiocarbonyl (C=S) groups is 1. The van der Waals surface area contributed by atoms with E-state index in [1.807, 2.05) is 36.4 Å². The van der Waals surface area contributed by atoms with E-state index >= 15 is 0 Å². The Morgan fingerprint density at radius 2 is 1.84 bits per heavy atom. The Bertz CT molecular complexity index is 1180. The molecule has 0 radical (unpaired) electrons. The van der Waals surface area contributed by atoms with Gasteiger partial charge in [-0.3, -0.25) is 14.9 Å². The Labute approximate surface area is 189 Å². The second kappa shape index (κ2) is 8.75. The van der Waals surface area contributed by atoms with Crippen LogP contribution in [0.4, 0.5) is 11.4 Å². The van der Waals surface area contributed by atoms with Gasteiger partial charge in [0.2, 0.25) is 0 Å². The Morgan fingerprint density at radius 3 is 2.52 bits per heavy atom. The molecule has 2 N–H and O–H groups in total. The van der Waals surface area contributed by atoms with Crippen LogP contribution in [0.3, 0.4) is 0 Å². The van der Waals surface area contributed by atoms with Crippen molar-refractivity contribution in [2.75, 3.05) is 17.3 Å². The van der Waals surface area contributed by atoms with Crippen LogP contribution in [0, 0.1) is 0 Å². The highest BCUT2D eigenvalue weighted by Gasteiger charge is 2.27. The van der Waals surface area contributed by atoms with Crippen molar-refractivity contribution in [3.05, 3.63) is 88.4 Å². The summed E-state index contributed by atoms with van der Waals surface area (Å²) in [4.78, 5) is 26.7. The van der Waals surface area contributed by atoms with Gasteiger partial charge in [-0.15, -0.1) is 0 Å². The van der Waals surface area contributed by atoms with Gasteiger partial charge in [0.05, 0.1) is 18.7 Å². The van der Waals surface area contributed by atoms with Gasteiger partial charge < -0.3 is 15.0 Å². The van der Waals surface area contributed by atoms with Crippen LogP contribution in [0.2, 0.25) is 5.02 Å². The summed E-state index contributed by atoms with van der Waals surface area (Å²) in [6.07, 6.45) is 0. The summed E-state index contributed by atoms with van der Waals surface area (Å²) in [7, 11) is 1.50. The van der Waals surface area contributed by atoms with Crippen LogP contribution in [-0.2, 0) is 6.54 Å². The van der Waals surface area contributed by atoms with E-state index in [0.29, 0.717) is 28.6 Å². The molecule has 2 amide bonds. The van der Waals surface area contributed by atoms with E-state index in [-0.39, 0.29) is 16.9 Å². The maximum absolute atomic E-state index is 12.6. The van der Waals surface area contributed by atoms with Gasteiger partial charge in [-0.1, -0.05) is 29.8 Å². The molecule has 0 atom stereocenters. The van der Waals surface area contributed by atoms with E-state index < -0.39 is 0 Å². The molecule has 156 valence electrons. The largest absolute Gasteiger partial charge is 0.495 e. The quantitative estimate of drug-likeness (QED) is 0.566. The molecule has 0 saturated carbocycles. The molecule has 8 heteroatoms. The first-order chi connectivity index (χ1) is 15.0. The van der Waals surface area contributed by atoms with Crippen molar-refractivity contribution in [3.63, 3.8) is 0 Å². The van der Waals surface area contributed by atoms with Gasteiger partial charge in [0.25, 0.3) is 11.8 Å². The molecule has 0 aliphatic carbocycles. The van der Waals surface area contributed by atoms with E-state index in [4.69, 9.17) is 28.6 Å². The Morgan fingerprint density at radius 1 is 1.10 bits per heavy atom. The zero-order valence-electron chi connectivity index (χ0n) is 16.5. The number of hydrogen-bond donors (Lipinski definition) is 2. The van der Waals surface area contributed by atoms with Crippen molar-refractivity contribution >= 4 is 52.1 Å². The zero-order chi connectivity index (χ0) is 22.0. The Kier molecular flexibility index (Phi) is 5.88. The second-order valence-corrected chi connectivity index (χ2v) is 7.67. The van der Waals surface area contributed by atoms with E-state index in [0.717, 1.165) is 16.8 Å². The van der Waals surface area contributed by atoms with Gasteiger partial charge in [-0.05, 0) is 66.3 Å². The van der Waals surface area contributed by atoms with Crippen LogP contribution in [0.15, 0.2) is 66.7 Å². The van der Waals surface area contributed by atoms with Crippen molar-refractivity contribution in [1.29, 1.82) is 0 Å². The maximum Gasteiger partial charge on any atom is 0.258 e. The molecule has 0 saturated heterocycles. The van der Waals surface area contributed by atoms with Crippen molar-refractivity contribution in [2.24, 2.45) is 0 Å². The summed E-state index contributed by atoms with van der Waals surface area (Å²) in [6.45, 7) is 0.542. The highest BCUT2D eigenvalue weighted by atomic mass is 35.5. The number of nitrogens with zero attached hydrogens (tertiary/aromatic N) is 1. The lowest BCUT2D eigenvalue weighted by atomic mass is 10.1. The summed E-state index contributed by atoms with van der Waals surface area (Å²) in [5.41, 5.74) is 3.57. The number of amides is 2. The third-order valence-electron chi connectivity index (χ3n) is 4.90. The van der Waals surface area contributed by atoms with Gasteiger partial charge in [-0.25, -0.2) is 0 Å². The standard InChI is InChI=1S/C23H18ClN3O3S/c1-30-20-11-6-14(12-19(20)24)21(28)26-23(31)25-16-7-9-17(10-8-16)27-13-15-4-2-3-5-18(15)22(27)29/h2-12H,13H2,1H3,(H2,25,26,28,31). The molecule has 3 aromatic carbocycles. The number of benzene rings is 3. The average molecular weight is 452 g/mol. The monoisotopic (exact) mass is 451 g/mol. The molecule has 0 bridgehead atoms. The second-order valence-electron chi connectivity index (χ2n) is 6.85. The first-order valence-corrected chi connectivity index (χ1v) is 10.2. The fourth-order valence-electron chi connectivity index (χ4n) is 3.33. The molecular weight excluding hydrogens is 434 g/mol. The minimum Gasteiger partial charge on any atom is -0.495 e. The molecule has 0 spiro atoms. The molecule has 1 aliphatic rings. The number of carbonyl (C=O) groups excluding carboxylic acids is 2. The number of methoxy groups -OCH3 is 1. The predicted molar refractivity (Wildman–Crippen MR) is 125 cm³/mol. The molecule has 1 aliphatic heterocycles. The number of halogens is 1. The third kappa shape index (κ3) is 4.38. The maximum atomic E-state index is 12.6.